The average molecular weight is 196 g/mol. The van der Waals surface area contributed by atoms with Gasteiger partial charge in [-0.25, -0.2) is 0 Å². The van der Waals surface area contributed by atoms with Crippen molar-refractivity contribution in [2.75, 3.05) is 0 Å². The summed E-state index contributed by atoms with van der Waals surface area (Å²) < 4.78 is 0. The Morgan fingerprint density at radius 2 is 2.00 bits per heavy atom. The molecule has 0 spiro atoms. The standard InChI is InChI=1S/C8H8S.C2H4O2/c1-2-7-5-3-4-6-8(7)9;1-2(3)4/h2-6,9H,1H2;1H3,(H,3,4). The van der Waals surface area contributed by atoms with Crippen molar-refractivity contribution in [2.45, 2.75) is 11.8 Å². The average Bonchev–Trinajstić information content (AvgIpc) is 2.04. The van der Waals surface area contributed by atoms with Gasteiger partial charge in [0.15, 0.2) is 0 Å². The number of thiol groups is 1. The van der Waals surface area contributed by atoms with Crippen LogP contribution in [-0.4, -0.2) is 11.1 Å². The lowest BCUT2D eigenvalue weighted by Gasteiger charge is -1.94. The van der Waals surface area contributed by atoms with Gasteiger partial charge in [0.2, 0.25) is 0 Å². The Labute approximate surface area is 83.3 Å². The normalized spacial score (nSPS) is 8.15. The van der Waals surface area contributed by atoms with Crippen LogP contribution >= 0.6 is 12.6 Å². The minimum Gasteiger partial charge on any atom is -0.481 e. The summed E-state index contributed by atoms with van der Waals surface area (Å²) in [5.41, 5.74) is 1.08. The molecule has 0 amide bonds. The number of benzene rings is 1. The van der Waals surface area contributed by atoms with Crippen molar-refractivity contribution in [2.24, 2.45) is 0 Å². The molecule has 0 unspecified atom stereocenters. The molecule has 70 valence electrons. The maximum atomic E-state index is 9.00. The van der Waals surface area contributed by atoms with Crippen LogP contribution in [0.3, 0.4) is 0 Å². The van der Waals surface area contributed by atoms with Crippen molar-refractivity contribution in [3.8, 4) is 0 Å². The van der Waals surface area contributed by atoms with Gasteiger partial charge in [-0.2, -0.15) is 0 Å². The monoisotopic (exact) mass is 196 g/mol. The molecule has 0 heterocycles. The fourth-order valence-electron chi connectivity index (χ4n) is 0.660. The quantitative estimate of drug-likeness (QED) is 0.678. The van der Waals surface area contributed by atoms with Gasteiger partial charge < -0.3 is 5.11 Å². The maximum absolute atomic E-state index is 9.00. The number of carboxylic acid groups (broad SMARTS) is 1. The highest BCUT2D eigenvalue weighted by atomic mass is 32.1. The molecule has 1 rings (SSSR count). The SMILES string of the molecule is C=Cc1ccccc1S.CC(=O)O. The lowest BCUT2D eigenvalue weighted by molar-refractivity contribution is -0.134. The van der Waals surface area contributed by atoms with Crippen LogP contribution in [0, 0.1) is 0 Å². The van der Waals surface area contributed by atoms with E-state index in [0.717, 1.165) is 17.4 Å². The van der Waals surface area contributed by atoms with E-state index in [1.807, 2.05) is 24.3 Å². The molecule has 0 aromatic heterocycles. The summed E-state index contributed by atoms with van der Waals surface area (Å²) in [6.07, 6.45) is 1.79. The van der Waals surface area contributed by atoms with Crippen LogP contribution in [-0.2, 0) is 4.79 Å². The second-order valence-electron chi connectivity index (χ2n) is 2.28. The molecule has 0 radical (unpaired) electrons. The Bertz CT molecular complexity index is 291. The van der Waals surface area contributed by atoms with Crippen LogP contribution in [0.15, 0.2) is 35.7 Å². The van der Waals surface area contributed by atoms with Gasteiger partial charge in [-0.3, -0.25) is 4.79 Å². The van der Waals surface area contributed by atoms with Crippen LogP contribution in [0.1, 0.15) is 12.5 Å². The van der Waals surface area contributed by atoms with E-state index in [9.17, 15) is 0 Å². The Kier molecular flexibility index (Phi) is 5.72. The van der Waals surface area contributed by atoms with E-state index in [2.05, 4.69) is 19.2 Å². The first-order valence-electron chi connectivity index (χ1n) is 3.68. The molecular weight excluding hydrogens is 184 g/mol. The van der Waals surface area contributed by atoms with Crippen molar-refractivity contribution in [3.05, 3.63) is 36.4 Å². The van der Waals surface area contributed by atoms with Gasteiger partial charge in [0.1, 0.15) is 0 Å². The number of rotatable bonds is 1. The van der Waals surface area contributed by atoms with E-state index in [1.54, 1.807) is 6.08 Å². The van der Waals surface area contributed by atoms with Gasteiger partial charge >= 0.3 is 0 Å². The Hall–Kier alpha value is -1.22. The molecule has 0 saturated heterocycles. The summed E-state index contributed by atoms with van der Waals surface area (Å²) in [7, 11) is 0. The second-order valence-corrected chi connectivity index (χ2v) is 2.76. The van der Waals surface area contributed by atoms with E-state index in [1.165, 1.54) is 0 Å². The topological polar surface area (TPSA) is 37.3 Å². The molecule has 0 aliphatic carbocycles. The van der Waals surface area contributed by atoms with Crippen molar-refractivity contribution in [3.63, 3.8) is 0 Å². The lowest BCUT2D eigenvalue weighted by atomic mass is 10.2. The predicted molar refractivity (Wildman–Crippen MR) is 57.1 cm³/mol. The zero-order chi connectivity index (χ0) is 10.3. The van der Waals surface area contributed by atoms with Crippen molar-refractivity contribution in [1.82, 2.24) is 0 Å². The summed E-state index contributed by atoms with van der Waals surface area (Å²) in [4.78, 5) is 9.98. The van der Waals surface area contributed by atoms with Gasteiger partial charge in [-0.1, -0.05) is 30.9 Å². The highest BCUT2D eigenvalue weighted by molar-refractivity contribution is 7.80. The lowest BCUT2D eigenvalue weighted by Crippen LogP contribution is -1.78. The minimum atomic E-state index is -0.833. The zero-order valence-electron chi connectivity index (χ0n) is 7.40. The smallest absolute Gasteiger partial charge is 0.300 e. The molecule has 0 aliphatic rings. The molecule has 0 atom stereocenters. The fraction of sp³-hybridized carbons (Fsp3) is 0.100. The number of carbonyl (C=O) groups is 1. The van der Waals surface area contributed by atoms with Crippen molar-refractivity contribution < 1.29 is 9.90 Å². The summed E-state index contributed by atoms with van der Waals surface area (Å²) in [6, 6.07) is 7.85. The molecular formula is C10H12O2S. The molecule has 1 aromatic carbocycles. The zero-order valence-corrected chi connectivity index (χ0v) is 8.29. The maximum Gasteiger partial charge on any atom is 0.300 e. The highest BCUT2D eigenvalue weighted by Gasteiger charge is 1.87. The molecule has 3 heteroatoms. The first-order valence-corrected chi connectivity index (χ1v) is 4.12. The van der Waals surface area contributed by atoms with E-state index < -0.39 is 5.97 Å². The van der Waals surface area contributed by atoms with Gasteiger partial charge in [-0.05, 0) is 11.6 Å². The molecule has 1 N–H and O–H groups in total. The van der Waals surface area contributed by atoms with Crippen LogP contribution < -0.4 is 0 Å². The Balaban J connectivity index is 0.000000310. The third-order valence-electron chi connectivity index (χ3n) is 1.16. The molecule has 0 aliphatic heterocycles. The molecule has 2 nitrogen and oxygen atoms in total. The third-order valence-corrected chi connectivity index (χ3v) is 1.56. The van der Waals surface area contributed by atoms with E-state index in [4.69, 9.17) is 9.90 Å². The molecule has 0 fully saturated rings. The fourth-order valence-corrected chi connectivity index (χ4v) is 0.912. The highest BCUT2D eigenvalue weighted by Crippen LogP contribution is 2.12. The first-order chi connectivity index (χ1) is 6.07. The van der Waals surface area contributed by atoms with Gasteiger partial charge in [0.25, 0.3) is 5.97 Å². The van der Waals surface area contributed by atoms with Crippen molar-refractivity contribution in [1.29, 1.82) is 0 Å². The van der Waals surface area contributed by atoms with Crippen LogP contribution in [0.25, 0.3) is 6.08 Å². The van der Waals surface area contributed by atoms with Gasteiger partial charge in [0.05, 0.1) is 0 Å². The van der Waals surface area contributed by atoms with Crippen LogP contribution in [0.4, 0.5) is 0 Å². The first kappa shape index (κ1) is 11.8. The van der Waals surface area contributed by atoms with Crippen molar-refractivity contribution >= 4 is 24.7 Å². The number of carboxylic acids is 1. The van der Waals surface area contributed by atoms with Crippen LogP contribution in [0.2, 0.25) is 0 Å². The number of hydrogen-bond acceptors (Lipinski definition) is 2. The van der Waals surface area contributed by atoms with E-state index in [-0.39, 0.29) is 0 Å². The summed E-state index contributed by atoms with van der Waals surface area (Å²) >= 11 is 4.21. The Morgan fingerprint density at radius 3 is 2.31 bits per heavy atom. The Morgan fingerprint density at radius 1 is 1.54 bits per heavy atom. The molecule has 0 bridgehead atoms. The van der Waals surface area contributed by atoms with Gasteiger partial charge in [0, 0.05) is 11.8 Å². The van der Waals surface area contributed by atoms with Crippen LogP contribution in [0.5, 0.6) is 0 Å². The molecule has 13 heavy (non-hydrogen) atoms. The second kappa shape index (κ2) is 6.31. The molecule has 0 saturated carbocycles. The number of aliphatic carboxylic acids is 1. The summed E-state index contributed by atoms with van der Waals surface area (Å²) in [5, 5.41) is 7.42. The summed E-state index contributed by atoms with van der Waals surface area (Å²) in [6.45, 7) is 4.73. The van der Waals surface area contributed by atoms with E-state index in [0.29, 0.717) is 0 Å². The summed E-state index contributed by atoms with van der Waals surface area (Å²) in [5.74, 6) is -0.833. The van der Waals surface area contributed by atoms with E-state index >= 15 is 0 Å². The predicted octanol–water partition coefficient (Wildman–Crippen LogP) is 2.71. The molecule has 1 aromatic rings. The largest absolute Gasteiger partial charge is 0.481 e. The third kappa shape index (κ3) is 5.99. The van der Waals surface area contributed by atoms with Gasteiger partial charge in [-0.15, -0.1) is 12.6 Å². The minimum absolute atomic E-state index is 0.833. The number of hydrogen-bond donors (Lipinski definition) is 2.